The molecule has 3 atom stereocenters. The van der Waals surface area contributed by atoms with Crippen molar-refractivity contribution in [2.75, 3.05) is 5.32 Å². The van der Waals surface area contributed by atoms with E-state index < -0.39 is 29.5 Å². The summed E-state index contributed by atoms with van der Waals surface area (Å²) in [4.78, 5) is 23.6. The third kappa shape index (κ3) is 3.40. The van der Waals surface area contributed by atoms with Crippen LogP contribution in [0.4, 0.5) is 10.1 Å². The van der Waals surface area contributed by atoms with E-state index in [2.05, 4.69) is 5.32 Å². The summed E-state index contributed by atoms with van der Waals surface area (Å²) < 4.78 is 13.8. The van der Waals surface area contributed by atoms with Crippen LogP contribution < -0.4 is 5.32 Å². The van der Waals surface area contributed by atoms with Crippen LogP contribution in [0.2, 0.25) is 0 Å². The summed E-state index contributed by atoms with van der Waals surface area (Å²) in [6, 6.07) is 4.55. The molecule has 1 saturated carbocycles. The number of rotatable bonds is 4. The molecule has 21 heavy (non-hydrogen) atoms. The van der Waals surface area contributed by atoms with E-state index >= 15 is 0 Å². The third-order valence-corrected chi connectivity index (χ3v) is 4.27. The highest BCUT2D eigenvalue weighted by Gasteiger charge is 2.42. The summed E-state index contributed by atoms with van der Waals surface area (Å²) in [5, 5.41) is 11.8. The van der Waals surface area contributed by atoms with Gasteiger partial charge in [0.05, 0.1) is 17.5 Å². The minimum absolute atomic E-state index is 0.106. The van der Waals surface area contributed by atoms with Crippen molar-refractivity contribution in [2.24, 2.45) is 17.8 Å². The quantitative estimate of drug-likeness (QED) is 0.895. The highest BCUT2D eigenvalue weighted by atomic mass is 19.1. The van der Waals surface area contributed by atoms with Crippen molar-refractivity contribution in [3.8, 4) is 0 Å². The van der Waals surface area contributed by atoms with Crippen LogP contribution in [-0.2, 0) is 9.59 Å². The molecule has 0 bridgehead atoms. The van der Waals surface area contributed by atoms with Crippen molar-refractivity contribution in [1.82, 2.24) is 0 Å². The number of carboxylic acid groups (broad SMARTS) is 1. The van der Waals surface area contributed by atoms with Crippen molar-refractivity contribution < 1.29 is 19.1 Å². The highest BCUT2D eigenvalue weighted by molar-refractivity contribution is 5.95. The normalized spacial score (nSPS) is 24.8. The van der Waals surface area contributed by atoms with Gasteiger partial charge in [0, 0.05) is 0 Å². The molecule has 0 aliphatic heterocycles. The Morgan fingerprint density at radius 3 is 2.57 bits per heavy atom. The Hall–Kier alpha value is -1.91. The van der Waals surface area contributed by atoms with Crippen LogP contribution in [0, 0.1) is 30.5 Å². The van der Waals surface area contributed by atoms with E-state index in [1.807, 2.05) is 6.92 Å². The van der Waals surface area contributed by atoms with E-state index in [-0.39, 0.29) is 11.6 Å². The first-order chi connectivity index (χ1) is 9.92. The van der Waals surface area contributed by atoms with E-state index in [9.17, 15) is 19.1 Å². The number of carbonyl (C=O) groups excluding carboxylic acids is 1. The number of hydrogen-bond donors (Lipinski definition) is 2. The summed E-state index contributed by atoms with van der Waals surface area (Å²) in [7, 11) is 0. The van der Waals surface area contributed by atoms with Crippen LogP contribution in [0.3, 0.4) is 0 Å². The van der Waals surface area contributed by atoms with Crippen LogP contribution in [0.15, 0.2) is 18.2 Å². The van der Waals surface area contributed by atoms with Gasteiger partial charge < -0.3 is 10.4 Å². The molecule has 3 unspecified atom stereocenters. The smallest absolute Gasteiger partial charge is 0.307 e. The molecular formula is C16H20FNO3. The molecule has 1 aromatic rings. The lowest BCUT2D eigenvalue weighted by Crippen LogP contribution is -2.30. The first-order valence-corrected chi connectivity index (χ1v) is 7.22. The van der Waals surface area contributed by atoms with Gasteiger partial charge in [-0.3, -0.25) is 9.59 Å². The van der Waals surface area contributed by atoms with Gasteiger partial charge in [-0.15, -0.1) is 0 Å². The lowest BCUT2D eigenvalue weighted by Gasteiger charge is -2.16. The summed E-state index contributed by atoms with van der Waals surface area (Å²) in [5.74, 6) is -2.88. The zero-order valence-corrected chi connectivity index (χ0v) is 12.2. The molecule has 1 aliphatic rings. The largest absolute Gasteiger partial charge is 0.481 e. The maximum atomic E-state index is 13.8. The molecule has 0 aromatic heterocycles. The zero-order valence-electron chi connectivity index (χ0n) is 12.2. The average molecular weight is 293 g/mol. The minimum Gasteiger partial charge on any atom is -0.481 e. The van der Waals surface area contributed by atoms with Crippen molar-refractivity contribution in [3.05, 3.63) is 29.6 Å². The molecular weight excluding hydrogens is 273 g/mol. The van der Waals surface area contributed by atoms with Gasteiger partial charge in [0.2, 0.25) is 5.91 Å². The van der Waals surface area contributed by atoms with Crippen LogP contribution in [0.5, 0.6) is 0 Å². The van der Waals surface area contributed by atoms with Gasteiger partial charge >= 0.3 is 5.97 Å². The van der Waals surface area contributed by atoms with E-state index in [0.29, 0.717) is 12.8 Å². The molecule has 0 spiro atoms. The molecule has 1 aromatic carbocycles. The Morgan fingerprint density at radius 1 is 1.33 bits per heavy atom. The molecule has 2 N–H and O–H groups in total. The molecule has 114 valence electrons. The minimum atomic E-state index is -0.949. The molecule has 0 radical (unpaired) electrons. The fraction of sp³-hybridized carbons (Fsp3) is 0.500. The van der Waals surface area contributed by atoms with Crippen LogP contribution >= 0.6 is 0 Å². The predicted octanol–water partition coefficient (Wildman–Crippen LogP) is 3.21. The van der Waals surface area contributed by atoms with Crippen LogP contribution in [0.25, 0.3) is 0 Å². The fourth-order valence-corrected chi connectivity index (χ4v) is 2.99. The molecule has 0 heterocycles. The van der Waals surface area contributed by atoms with E-state index in [4.69, 9.17) is 0 Å². The molecule has 1 fully saturated rings. The van der Waals surface area contributed by atoms with Gasteiger partial charge in [-0.05, 0) is 43.4 Å². The first-order valence-electron chi connectivity index (χ1n) is 7.22. The van der Waals surface area contributed by atoms with Gasteiger partial charge in [0.1, 0.15) is 5.82 Å². The number of nitrogens with one attached hydrogen (secondary N) is 1. The van der Waals surface area contributed by atoms with Gasteiger partial charge in [0.25, 0.3) is 0 Å². The zero-order chi connectivity index (χ0) is 15.6. The van der Waals surface area contributed by atoms with E-state index in [1.165, 1.54) is 12.1 Å². The molecule has 0 saturated heterocycles. The number of benzene rings is 1. The summed E-state index contributed by atoms with van der Waals surface area (Å²) in [6.07, 6.45) is 1.92. The summed E-state index contributed by atoms with van der Waals surface area (Å²) in [5.41, 5.74) is 0.871. The van der Waals surface area contributed by atoms with Crippen LogP contribution in [0.1, 0.15) is 31.7 Å². The number of hydrogen-bond acceptors (Lipinski definition) is 2. The van der Waals surface area contributed by atoms with Crippen molar-refractivity contribution in [1.29, 1.82) is 0 Å². The number of carbonyl (C=O) groups is 2. The maximum absolute atomic E-state index is 13.8. The average Bonchev–Trinajstić information content (AvgIpc) is 2.86. The molecule has 1 aliphatic carbocycles. The second kappa shape index (κ2) is 6.24. The highest BCUT2D eigenvalue weighted by Crippen LogP contribution is 2.39. The SMILES string of the molecule is CCC1CC(C(=O)O)C(C(=O)Nc2ccc(C)cc2F)C1. The van der Waals surface area contributed by atoms with Gasteiger partial charge in [-0.25, -0.2) is 4.39 Å². The molecule has 5 heteroatoms. The number of aliphatic carboxylic acids is 1. The number of anilines is 1. The van der Waals surface area contributed by atoms with E-state index in [1.54, 1.807) is 13.0 Å². The lowest BCUT2D eigenvalue weighted by molar-refractivity contribution is -0.145. The van der Waals surface area contributed by atoms with Gasteiger partial charge in [-0.1, -0.05) is 19.4 Å². The predicted molar refractivity (Wildman–Crippen MR) is 77.4 cm³/mol. The van der Waals surface area contributed by atoms with E-state index in [0.717, 1.165) is 12.0 Å². The Bertz CT molecular complexity index is 558. The molecule has 1 amide bonds. The number of halogens is 1. The van der Waals surface area contributed by atoms with Crippen molar-refractivity contribution in [2.45, 2.75) is 33.1 Å². The number of aryl methyl sites for hydroxylation is 1. The third-order valence-electron chi connectivity index (χ3n) is 4.27. The van der Waals surface area contributed by atoms with Gasteiger partial charge in [0.15, 0.2) is 0 Å². The molecule has 2 rings (SSSR count). The van der Waals surface area contributed by atoms with Gasteiger partial charge in [-0.2, -0.15) is 0 Å². The fourth-order valence-electron chi connectivity index (χ4n) is 2.99. The van der Waals surface area contributed by atoms with Crippen LogP contribution in [-0.4, -0.2) is 17.0 Å². The Morgan fingerprint density at radius 2 is 2.00 bits per heavy atom. The van der Waals surface area contributed by atoms with Crippen molar-refractivity contribution in [3.63, 3.8) is 0 Å². The Labute approximate surface area is 123 Å². The monoisotopic (exact) mass is 293 g/mol. The second-order valence-corrected chi connectivity index (χ2v) is 5.77. The molecule has 4 nitrogen and oxygen atoms in total. The summed E-state index contributed by atoms with van der Waals surface area (Å²) >= 11 is 0. The maximum Gasteiger partial charge on any atom is 0.307 e. The second-order valence-electron chi connectivity index (χ2n) is 5.77. The number of carboxylic acids is 1. The first kappa shape index (κ1) is 15.5. The van der Waals surface area contributed by atoms with Crippen molar-refractivity contribution >= 4 is 17.6 Å². The number of amides is 1. The Balaban J connectivity index is 2.13. The topological polar surface area (TPSA) is 66.4 Å². The Kier molecular flexibility index (Phi) is 4.60. The summed E-state index contributed by atoms with van der Waals surface area (Å²) in [6.45, 7) is 3.75. The standard InChI is InChI=1S/C16H20FNO3/c1-3-10-7-11(12(8-10)16(20)21)15(19)18-14-5-4-9(2)6-13(14)17/h4-6,10-12H,3,7-8H2,1-2H3,(H,18,19)(H,20,21). The lowest BCUT2D eigenvalue weighted by atomic mass is 9.95.